The van der Waals surface area contributed by atoms with Crippen LogP contribution in [0.2, 0.25) is 0 Å². The van der Waals surface area contributed by atoms with E-state index in [1.165, 1.54) is 12.1 Å². The Hall–Kier alpha value is -5.27. The molecule has 6 rings (SSSR count). The summed E-state index contributed by atoms with van der Waals surface area (Å²) >= 11 is 0. The lowest BCUT2D eigenvalue weighted by atomic mass is 9.86. The molecule has 1 saturated heterocycles. The molecule has 258 valence electrons. The van der Waals surface area contributed by atoms with E-state index in [4.69, 9.17) is 4.84 Å². The maximum atomic E-state index is 14.5. The highest BCUT2D eigenvalue weighted by atomic mass is 19.4. The van der Waals surface area contributed by atoms with Crippen molar-refractivity contribution in [3.8, 4) is 0 Å². The molecule has 1 aliphatic heterocycles. The number of nitrogens with one attached hydrogen (secondary N) is 2. The number of alkyl halides is 6. The van der Waals surface area contributed by atoms with E-state index in [0.29, 0.717) is 16.2 Å². The molecule has 0 bridgehead atoms. The van der Waals surface area contributed by atoms with E-state index >= 15 is 0 Å². The van der Waals surface area contributed by atoms with Gasteiger partial charge >= 0.3 is 18.3 Å². The van der Waals surface area contributed by atoms with Crippen LogP contribution < -0.4 is 5.32 Å². The number of halogens is 6. The second-order valence-corrected chi connectivity index (χ2v) is 11.8. The minimum Gasteiger partial charge on any atom is -0.366 e. The number of nitrogens with zero attached hydrogens (tertiary/aromatic N) is 1. The monoisotopic (exact) mass is 693 g/mol. The maximum absolute atomic E-state index is 14.5. The molecule has 4 aromatic carbocycles. The van der Waals surface area contributed by atoms with Gasteiger partial charge in [-0.3, -0.25) is 9.59 Å². The van der Waals surface area contributed by atoms with Crippen molar-refractivity contribution in [2.45, 2.75) is 43.3 Å². The van der Waals surface area contributed by atoms with E-state index in [0.717, 1.165) is 47.3 Å². The number of H-pyrrole nitrogens is 1. The van der Waals surface area contributed by atoms with E-state index in [1.54, 1.807) is 60.8 Å². The normalized spacial score (nSPS) is 18.6. The molecule has 0 aliphatic carbocycles. The van der Waals surface area contributed by atoms with Crippen molar-refractivity contribution < 1.29 is 45.6 Å². The van der Waals surface area contributed by atoms with Crippen molar-refractivity contribution in [2.75, 3.05) is 6.54 Å². The average Bonchev–Trinajstić information content (AvgIpc) is 3.50. The zero-order chi connectivity index (χ0) is 35.6. The quantitative estimate of drug-likeness (QED) is 0.125. The predicted molar refractivity (Wildman–Crippen MR) is 171 cm³/mol. The molecule has 7 nitrogen and oxygen atoms in total. The van der Waals surface area contributed by atoms with Crippen molar-refractivity contribution in [1.29, 1.82) is 0 Å². The third kappa shape index (κ3) is 7.19. The van der Waals surface area contributed by atoms with Crippen LogP contribution in [0.5, 0.6) is 0 Å². The number of aromatic amines is 1. The molecule has 0 spiro atoms. The first kappa shape index (κ1) is 34.6. The van der Waals surface area contributed by atoms with Gasteiger partial charge in [-0.1, -0.05) is 84.9 Å². The number of para-hydroxylation sites is 1. The lowest BCUT2D eigenvalue weighted by molar-refractivity contribution is -0.212. The van der Waals surface area contributed by atoms with Crippen LogP contribution in [0.15, 0.2) is 109 Å². The van der Waals surface area contributed by atoms with Crippen LogP contribution in [0.4, 0.5) is 26.3 Å². The second-order valence-electron chi connectivity index (χ2n) is 11.8. The highest BCUT2D eigenvalue weighted by Gasteiger charge is 2.50. The topological polar surface area (TPSA) is 91.5 Å². The van der Waals surface area contributed by atoms with Gasteiger partial charge in [0.1, 0.15) is 12.1 Å². The first-order chi connectivity index (χ1) is 23.8. The molecule has 0 amide bonds. The van der Waals surface area contributed by atoms with Gasteiger partial charge in [0.25, 0.3) is 0 Å². The number of benzene rings is 4. The number of hydroxylamine groups is 2. The molecular weight excluding hydrogens is 664 g/mol. The first-order valence-corrected chi connectivity index (χ1v) is 15.5. The molecule has 2 unspecified atom stereocenters. The van der Waals surface area contributed by atoms with Gasteiger partial charge in [-0.25, -0.2) is 4.79 Å². The van der Waals surface area contributed by atoms with E-state index in [2.05, 4.69) is 10.3 Å². The van der Waals surface area contributed by atoms with E-state index in [1.807, 2.05) is 0 Å². The summed E-state index contributed by atoms with van der Waals surface area (Å²) < 4.78 is 85.0. The first-order valence-electron chi connectivity index (χ1n) is 15.5. The Morgan fingerprint density at radius 1 is 0.720 bits per heavy atom. The van der Waals surface area contributed by atoms with Gasteiger partial charge in [0.2, 0.25) is 0 Å². The fourth-order valence-electron chi connectivity index (χ4n) is 6.33. The minimum absolute atomic E-state index is 0.00138. The molecule has 0 radical (unpaired) electrons. The Morgan fingerprint density at radius 2 is 1.28 bits per heavy atom. The summed E-state index contributed by atoms with van der Waals surface area (Å²) in [6.07, 6.45) is -8.60. The molecule has 50 heavy (non-hydrogen) atoms. The second kappa shape index (κ2) is 13.9. The molecule has 0 saturated carbocycles. The van der Waals surface area contributed by atoms with Crippen molar-refractivity contribution in [3.05, 3.63) is 143 Å². The van der Waals surface area contributed by atoms with Crippen LogP contribution >= 0.6 is 0 Å². The number of piperazine rings is 1. The lowest BCUT2D eigenvalue weighted by Crippen LogP contribution is -2.68. The maximum Gasteiger partial charge on any atom is 0.417 e. The summed E-state index contributed by atoms with van der Waals surface area (Å²) in [4.78, 5) is 50.9. The van der Waals surface area contributed by atoms with E-state index < -0.39 is 76.8 Å². The smallest absolute Gasteiger partial charge is 0.366 e. The number of hydrogen-bond donors (Lipinski definition) is 2. The van der Waals surface area contributed by atoms with Crippen LogP contribution in [0.1, 0.15) is 43.0 Å². The standard InChI is InChI=1S/C37H29F6N3O4/c38-36(39,40)27-15-7-4-13-25(27)34(48)31-21-45-30(19-23-20-44-29-17-9-6-12-24(23)29)33(35(49)26-14-5-8-16-28(26)37(41,42)43)46(31)50-32(47)18-22-10-2-1-3-11-22/h1-17,20,30-31,33,44-45H,18-19,21H2/t30-,31?,33?/m1/s1. The molecule has 1 fully saturated rings. The van der Waals surface area contributed by atoms with Crippen LogP contribution in [-0.4, -0.2) is 52.3 Å². The summed E-state index contributed by atoms with van der Waals surface area (Å²) in [5, 5.41) is 4.49. The van der Waals surface area contributed by atoms with Gasteiger partial charge in [0, 0.05) is 40.8 Å². The molecule has 3 atom stereocenters. The Morgan fingerprint density at radius 3 is 1.92 bits per heavy atom. The predicted octanol–water partition coefficient (Wildman–Crippen LogP) is 7.23. The lowest BCUT2D eigenvalue weighted by Gasteiger charge is -2.44. The van der Waals surface area contributed by atoms with Gasteiger partial charge in [-0.2, -0.15) is 26.3 Å². The summed E-state index contributed by atoms with van der Waals surface area (Å²) in [6, 6.07) is 18.9. The van der Waals surface area contributed by atoms with Crippen molar-refractivity contribution >= 4 is 28.4 Å². The van der Waals surface area contributed by atoms with Gasteiger partial charge in [0.15, 0.2) is 11.6 Å². The Kier molecular flexibility index (Phi) is 9.63. The molecule has 5 aromatic rings. The highest BCUT2D eigenvalue weighted by molar-refractivity contribution is 6.05. The average molecular weight is 694 g/mol. The molecule has 2 heterocycles. The van der Waals surface area contributed by atoms with Gasteiger partial charge in [-0.05, 0) is 35.7 Å². The van der Waals surface area contributed by atoms with Crippen molar-refractivity contribution in [1.82, 2.24) is 15.4 Å². The Labute approximate surface area is 281 Å². The van der Waals surface area contributed by atoms with E-state index in [-0.39, 0.29) is 12.8 Å². The number of Topliss-reactive ketones (excluding diaryl/α,β-unsaturated/α-hetero) is 2. The molecule has 1 aliphatic rings. The molecule has 2 N–H and O–H groups in total. The Balaban J connectivity index is 1.48. The zero-order valence-corrected chi connectivity index (χ0v) is 26.1. The number of fused-ring (bicyclic) bond motifs is 1. The SMILES string of the molecule is O=C(Cc1ccccc1)ON1C(C(=O)c2ccccc2C(F)(F)F)CN[C@H](Cc2c[nH]c3ccccc23)C1C(=O)c1ccccc1C(F)(F)F. The largest absolute Gasteiger partial charge is 0.417 e. The summed E-state index contributed by atoms with van der Waals surface area (Å²) in [6.45, 7) is -0.401. The van der Waals surface area contributed by atoms with E-state index in [9.17, 15) is 40.7 Å². The molecular formula is C37H29F6N3O4. The summed E-state index contributed by atoms with van der Waals surface area (Å²) in [7, 11) is 0. The zero-order valence-electron chi connectivity index (χ0n) is 26.1. The van der Waals surface area contributed by atoms with Gasteiger partial charge in [0.05, 0.1) is 17.5 Å². The summed E-state index contributed by atoms with van der Waals surface area (Å²) in [5.74, 6) is -3.28. The van der Waals surface area contributed by atoms with Crippen LogP contribution in [-0.2, 0) is 34.8 Å². The Bertz CT molecular complexity index is 2030. The van der Waals surface area contributed by atoms with Crippen LogP contribution in [0, 0.1) is 0 Å². The molecule has 13 heteroatoms. The van der Waals surface area contributed by atoms with Crippen LogP contribution in [0.3, 0.4) is 0 Å². The number of rotatable bonds is 9. The van der Waals surface area contributed by atoms with Crippen molar-refractivity contribution in [2.24, 2.45) is 0 Å². The summed E-state index contributed by atoms with van der Waals surface area (Å²) in [5.41, 5.74) is -2.15. The number of hydrogen-bond acceptors (Lipinski definition) is 6. The third-order valence-electron chi connectivity index (χ3n) is 8.62. The third-order valence-corrected chi connectivity index (χ3v) is 8.62. The number of aromatic nitrogens is 1. The fourth-order valence-corrected chi connectivity index (χ4v) is 6.33. The van der Waals surface area contributed by atoms with Crippen LogP contribution in [0.25, 0.3) is 10.9 Å². The number of carbonyl (C=O) groups is 3. The van der Waals surface area contributed by atoms with Crippen molar-refractivity contribution in [3.63, 3.8) is 0 Å². The highest BCUT2D eigenvalue weighted by Crippen LogP contribution is 2.36. The molecule has 1 aromatic heterocycles. The number of ketones is 2. The van der Waals surface area contributed by atoms with Gasteiger partial charge in [-0.15, -0.1) is 5.06 Å². The fraction of sp³-hybridized carbons (Fsp3) is 0.216. The number of carbonyl (C=O) groups excluding carboxylic acids is 3. The van der Waals surface area contributed by atoms with Gasteiger partial charge < -0.3 is 15.1 Å². The minimum atomic E-state index is -4.96.